The van der Waals surface area contributed by atoms with Gasteiger partial charge in [-0.05, 0) is 24.6 Å². The van der Waals surface area contributed by atoms with Crippen LogP contribution in [0.1, 0.15) is 24.1 Å². The highest BCUT2D eigenvalue weighted by Crippen LogP contribution is 2.33. The summed E-state index contributed by atoms with van der Waals surface area (Å²) in [5.74, 6) is 0.181. The summed E-state index contributed by atoms with van der Waals surface area (Å²) in [4.78, 5) is 3.74. The highest BCUT2D eigenvalue weighted by Gasteiger charge is 2.31. The third kappa shape index (κ3) is 3.58. The van der Waals surface area contributed by atoms with E-state index < -0.39 is 11.7 Å². The summed E-state index contributed by atoms with van der Waals surface area (Å²) in [6, 6.07) is 7.80. The van der Waals surface area contributed by atoms with Gasteiger partial charge >= 0.3 is 6.18 Å². The van der Waals surface area contributed by atoms with Crippen LogP contribution in [0.15, 0.2) is 36.5 Å². The van der Waals surface area contributed by atoms with Crippen LogP contribution in [0.2, 0.25) is 5.02 Å². The Morgan fingerprint density at radius 1 is 1.29 bits per heavy atom. The highest BCUT2D eigenvalue weighted by molar-refractivity contribution is 6.33. The van der Waals surface area contributed by atoms with Gasteiger partial charge in [0.05, 0.1) is 16.6 Å². The minimum absolute atomic E-state index is 0.0915. The molecular formula is C14H13ClF3N3. The maximum Gasteiger partial charge on any atom is 0.417 e. The molecule has 1 atom stereocenters. The van der Waals surface area contributed by atoms with E-state index in [-0.39, 0.29) is 16.9 Å². The van der Waals surface area contributed by atoms with Gasteiger partial charge in [-0.1, -0.05) is 29.8 Å². The minimum Gasteiger partial charge on any atom is -0.398 e. The van der Waals surface area contributed by atoms with Crippen molar-refractivity contribution in [1.29, 1.82) is 0 Å². The van der Waals surface area contributed by atoms with Gasteiger partial charge in [-0.2, -0.15) is 13.2 Å². The van der Waals surface area contributed by atoms with E-state index >= 15 is 0 Å². The van der Waals surface area contributed by atoms with Crippen molar-refractivity contribution in [2.24, 2.45) is 0 Å². The summed E-state index contributed by atoms with van der Waals surface area (Å²) in [7, 11) is 0. The monoisotopic (exact) mass is 315 g/mol. The van der Waals surface area contributed by atoms with Crippen LogP contribution in [0.25, 0.3) is 0 Å². The number of nitrogens with zero attached hydrogens (tertiary/aromatic N) is 1. The number of nitrogen functional groups attached to an aromatic ring is 1. The third-order valence-corrected chi connectivity index (χ3v) is 3.27. The molecule has 1 heterocycles. The number of nitrogens with two attached hydrogens (primary N) is 1. The summed E-state index contributed by atoms with van der Waals surface area (Å²) >= 11 is 5.85. The van der Waals surface area contributed by atoms with E-state index in [2.05, 4.69) is 10.3 Å². The number of nitrogens with one attached hydrogen (secondary N) is 1. The summed E-state index contributed by atoms with van der Waals surface area (Å²) in [6.07, 6.45) is -3.72. The van der Waals surface area contributed by atoms with Crippen molar-refractivity contribution < 1.29 is 13.2 Å². The zero-order valence-corrected chi connectivity index (χ0v) is 11.8. The first-order valence-electron chi connectivity index (χ1n) is 6.12. The number of hydrogen-bond donors (Lipinski definition) is 2. The van der Waals surface area contributed by atoms with E-state index in [0.29, 0.717) is 5.69 Å². The minimum atomic E-state index is -4.47. The molecule has 1 aromatic heterocycles. The Hall–Kier alpha value is -1.95. The van der Waals surface area contributed by atoms with Gasteiger partial charge in [0, 0.05) is 11.9 Å². The molecule has 2 aromatic rings. The molecule has 0 aliphatic carbocycles. The van der Waals surface area contributed by atoms with Gasteiger partial charge in [-0.25, -0.2) is 4.98 Å². The Morgan fingerprint density at radius 2 is 1.95 bits per heavy atom. The van der Waals surface area contributed by atoms with Gasteiger partial charge in [0.25, 0.3) is 0 Å². The summed E-state index contributed by atoms with van der Waals surface area (Å²) in [6.45, 7) is 1.82. The molecular weight excluding hydrogens is 303 g/mol. The molecule has 21 heavy (non-hydrogen) atoms. The molecule has 2 rings (SSSR count). The Kier molecular flexibility index (Phi) is 4.27. The molecule has 0 fully saturated rings. The van der Waals surface area contributed by atoms with E-state index in [9.17, 15) is 13.2 Å². The van der Waals surface area contributed by atoms with Crippen molar-refractivity contribution in [3.8, 4) is 0 Å². The van der Waals surface area contributed by atoms with E-state index in [4.69, 9.17) is 17.3 Å². The van der Waals surface area contributed by atoms with Crippen molar-refractivity contribution in [2.75, 3.05) is 11.1 Å². The number of pyridine rings is 1. The van der Waals surface area contributed by atoms with Gasteiger partial charge in [0.1, 0.15) is 5.82 Å². The first kappa shape index (κ1) is 15.4. The molecule has 0 amide bonds. The maximum absolute atomic E-state index is 12.5. The molecule has 1 aromatic carbocycles. The number of para-hydroxylation sites is 1. The number of benzene rings is 1. The molecule has 1 unspecified atom stereocenters. The number of rotatable bonds is 3. The maximum atomic E-state index is 12.5. The predicted molar refractivity (Wildman–Crippen MR) is 77.1 cm³/mol. The Bertz CT molecular complexity index is 644. The molecule has 0 spiro atoms. The van der Waals surface area contributed by atoms with Crippen LogP contribution in [0.4, 0.5) is 24.7 Å². The molecule has 0 saturated carbocycles. The van der Waals surface area contributed by atoms with Crippen LogP contribution in [-0.2, 0) is 6.18 Å². The predicted octanol–water partition coefficient (Wildman–Crippen LogP) is 4.51. The summed E-state index contributed by atoms with van der Waals surface area (Å²) in [5, 5.41) is 2.86. The lowest BCUT2D eigenvalue weighted by atomic mass is 10.1. The molecule has 0 bridgehead atoms. The van der Waals surface area contributed by atoms with Crippen molar-refractivity contribution >= 4 is 23.1 Å². The molecule has 0 radical (unpaired) electrons. The lowest BCUT2D eigenvalue weighted by Crippen LogP contribution is -2.12. The molecule has 0 saturated heterocycles. The van der Waals surface area contributed by atoms with E-state index in [1.165, 1.54) is 0 Å². The van der Waals surface area contributed by atoms with Crippen LogP contribution in [0.5, 0.6) is 0 Å². The first-order valence-corrected chi connectivity index (χ1v) is 6.50. The Morgan fingerprint density at radius 3 is 2.52 bits per heavy atom. The second kappa shape index (κ2) is 5.81. The van der Waals surface area contributed by atoms with Crippen LogP contribution >= 0.6 is 11.6 Å². The average Bonchev–Trinajstić information content (AvgIpc) is 2.40. The number of halogens is 4. The molecule has 7 heteroatoms. The average molecular weight is 316 g/mol. The van der Waals surface area contributed by atoms with E-state index in [1.807, 2.05) is 19.1 Å². The van der Waals surface area contributed by atoms with Gasteiger partial charge in [-0.3, -0.25) is 0 Å². The largest absolute Gasteiger partial charge is 0.417 e. The van der Waals surface area contributed by atoms with Crippen LogP contribution in [0, 0.1) is 0 Å². The lowest BCUT2D eigenvalue weighted by Gasteiger charge is -2.18. The second-order valence-corrected chi connectivity index (χ2v) is 4.95. The first-order chi connectivity index (χ1) is 9.79. The number of aromatic nitrogens is 1. The van der Waals surface area contributed by atoms with Gasteiger partial charge in [0.2, 0.25) is 0 Å². The Balaban J connectivity index is 2.23. The van der Waals surface area contributed by atoms with Gasteiger partial charge in [-0.15, -0.1) is 0 Å². The van der Waals surface area contributed by atoms with Gasteiger partial charge in [0.15, 0.2) is 0 Å². The van der Waals surface area contributed by atoms with E-state index in [0.717, 1.165) is 17.8 Å². The van der Waals surface area contributed by atoms with Crippen LogP contribution in [0.3, 0.4) is 0 Å². The third-order valence-electron chi connectivity index (χ3n) is 2.98. The lowest BCUT2D eigenvalue weighted by molar-refractivity contribution is -0.137. The normalized spacial score (nSPS) is 13.0. The molecule has 0 aliphatic rings. The Labute approximate surface area is 124 Å². The zero-order valence-electron chi connectivity index (χ0n) is 11.1. The number of anilines is 2. The van der Waals surface area contributed by atoms with Crippen molar-refractivity contribution in [3.05, 3.63) is 52.7 Å². The van der Waals surface area contributed by atoms with E-state index in [1.54, 1.807) is 12.1 Å². The highest BCUT2D eigenvalue weighted by atomic mass is 35.5. The number of hydrogen-bond acceptors (Lipinski definition) is 3. The quantitative estimate of drug-likeness (QED) is 0.819. The van der Waals surface area contributed by atoms with Crippen molar-refractivity contribution in [1.82, 2.24) is 4.98 Å². The van der Waals surface area contributed by atoms with Crippen LogP contribution in [-0.4, -0.2) is 4.98 Å². The zero-order chi connectivity index (χ0) is 15.6. The fraction of sp³-hybridized carbons (Fsp3) is 0.214. The summed E-state index contributed by atoms with van der Waals surface area (Å²) < 4.78 is 37.6. The number of alkyl halides is 3. The molecule has 112 valence electrons. The second-order valence-electron chi connectivity index (χ2n) is 4.55. The van der Waals surface area contributed by atoms with Gasteiger partial charge < -0.3 is 11.1 Å². The standard InChI is InChI=1S/C14H13ClF3N3/c1-8(10-4-2-3-5-12(10)19)21-13-11(15)6-9(7-20-13)14(16,17)18/h2-8H,19H2,1H3,(H,20,21). The molecule has 0 aliphatic heterocycles. The fourth-order valence-corrected chi connectivity index (χ4v) is 2.11. The topological polar surface area (TPSA) is 50.9 Å². The van der Waals surface area contributed by atoms with Crippen LogP contribution < -0.4 is 11.1 Å². The SMILES string of the molecule is CC(Nc1ncc(C(F)(F)F)cc1Cl)c1ccccc1N. The smallest absolute Gasteiger partial charge is 0.398 e. The van der Waals surface area contributed by atoms with Crippen molar-refractivity contribution in [2.45, 2.75) is 19.1 Å². The van der Waals surface area contributed by atoms with Crippen molar-refractivity contribution in [3.63, 3.8) is 0 Å². The summed E-state index contributed by atoms with van der Waals surface area (Å²) in [5.41, 5.74) is 6.37. The molecule has 3 nitrogen and oxygen atoms in total. The fourth-order valence-electron chi connectivity index (χ4n) is 1.89. The molecule has 3 N–H and O–H groups in total.